The van der Waals surface area contributed by atoms with Crippen molar-refractivity contribution >= 4 is 27.3 Å². The quantitative estimate of drug-likeness (QED) is 0.840. The summed E-state index contributed by atoms with van der Waals surface area (Å²) in [5, 5.41) is 0.336. The van der Waals surface area contributed by atoms with Crippen LogP contribution >= 0.6 is 11.6 Å². The zero-order valence-corrected chi connectivity index (χ0v) is 13.5. The van der Waals surface area contributed by atoms with Crippen molar-refractivity contribution in [1.82, 2.24) is 0 Å². The molecule has 22 heavy (non-hydrogen) atoms. The summed E-state index contributed by atoms with van der Waals surface area (Å²) in [7, 11) is -2.02. The van der Waals surface area contributed by atoms with Crippen LogP contribution in [0.5, 0.6) is 11.5 Å². The number of hydrogen-bond acceptors (Lipinski definition) is 4. The van der Waals surface area contributed by atoms with Gasteiger partial charge in [0.15, 0.2) is 0 Å². The van der Waals surface area contributed by atoms with Crippen molar-refractivity contribution in [2.45, 2.75) is 0 Å². The Morgan fingerprint density at radius 2 is 1.86 bits per heavy atom. The lowest BCUT2D eigenvalue weighted by Gasteiger charge is -2.10. The molecule has 0 amide bonds. The predicted octanol–water partition coefficient (Wildman–Crippen LogP) is 3.17. The largest absolute Gasteiger partial charge is 0.495 e. The van der Waals surface area contributed by atoms with Gasteiger partial charge in [-0.1, -0.05) is 29.8 Å². The van der Waals surface area contributed by atoms with E-state index in [0.717, 1.165) is 0 Å². The molecule has 0 saturated heterocycles. The fraction of sp³-hybridized carbons (Fsp3) is 0.200. The molecule has 2 rings (SSSR count). The number of anilines is 1. The van der Waals surface area contributed by atoms with Crippen molar-refractivity contribution < 1.29 is 17.9 Å². The van der Waals surface area contributed by atoms with Gasteiger partial charge >= 0.3 is 0 Å². The van der Waals surface area contributed by atoms with Gasteiger partial charge in [-0.25, -0.2) is 8.42 Å². The molecule has 0 saturated carbocycles. The van der Waals surface area contributed by atoms with Gasteiger partial charge in [0.05, 0.1) is 17.8 Å². The lowest BCUT2D eigenvalue weighted by atomic mass is 10.3. The molecule has 7 heteroatoms. The van der Waals surface area contributed by atoms with Crippen LogP contribution in [0.3, 0.4) is 0 Å². The second-order valence-electron chi connectivity index (χ2n) is 4.43. The average Bonchev–Trinajstić information content (AvgIpc) is 2.48. The van der Waals surface area contributed by atoms with E-state index in [4.69, 9.17) is 21.1 Å². The zero-order chi connectivity index (χ0) is 16.0. The fourth-order valence-corrected chi connectivity index (χ4v) is 2.89. The maximum Gasteiger partial charge on any atom is 0.236 e. The fourth-order valence-electron chi connectivity index (χ4n) is 1.75. The molecule has 1 N–H and O–H groups in total. The molecule has 2 aromatic rings. The Balaban J connectivity index is 1.92. The number of ether oxygens (including phenoxy) is 2. The smallest absolute Gasteiger partial charge is 0.236 e. The monoisotopic (exact) mass is 341 g/mol. The summed E-state index contributed by atoms with van der Waals surface area (Å²) in [4.78, 5) is 0. The predicted molar refractivity (Wildman–Crippen MR) is 87.4 cm³/mol. The van der Waals surface area contributed by atoms with Gasteiger partial charge in [-0.15, -0.1) is 0 Å². The molecular weight excluding hydrogens is 326 g/mol. The molecule has 0 unspecified atom stereocenters. The number of nitrogens with one attached hydrogen (secondary N) is 1. The van der Waals surface area contributed by atoms with Crippen molar-refractivity contribution in [2.75, 3.05) is 24.2 Å². The summed E-state index contributed by atoms with van der Waals surface area (Å²) < 4.78 is 36.8. The van der Waals surface area contributed by atoms with Crippen molar-refractivity contribution in [2.24, 2.45) is 0 Å². The third-order valence-corrected chi connectivity index (χ3v) is 4.34. The average molecular weight is 342 g/mol. The number of rotatable bonds is 7. The first-order valence-corrected chi connectivity index (χ1v) is 8.55. The van der Waals surface area contributed by atoms with E-state index >= 15 is 0 Å². The molecule has 118 valence electrons. The van der Waals surface area contributed by atoms with Crippen LogP contribution in [0.2, 0.25) is 5.02 Å². The van der Waals surface area contributed by atoms with Crippen molar-refractivity contribution in [3.05, 3.63) is 53.6 Å². The number of benzene rings is 2. The number of para-hydroxylation sites is 1. The number of methoxy groups -OCH3 is 1. The van der Waals surface area contributed by atoms with Crippen LogP contribution in [0.15, 0.2) is 48.5 Å². The van der Waals surface area contributed by atoms with E-state index < -0.39 is 10.0 Å². The Morgan fingerprint density at radius 1 is 1.14 bits per heavy atom. The van der Waals surface area contributed by atoms with Crippen molar-refractivity contribution in [1.29, 1.82) is 0 Å². The van der Waals surface area contributed by atoms with Crippen LogP contribution in [0.4, 0.5) is 5.69 Å². The van der Waals surface area contributed by atoms with Gasteiger partial charge in [0.1, 0.15) is 23.9 Å². The molecule has 0 aliphatic heterocycles. The van der Waals surface area contributed by atoms with Gasteiger partial charge in [-0.3, -0.25) is 4.72 Å². The summed E-state index contributed by atoms with van der Waals surface area (Å²) in [5.74, 6) is 0.952. The molecule has 0 fully saturated rings. The van der Waals surface area contributed by atoms with E-state index in [1.54, 1.807) is 24.3 Å². The van der Waals surface area contributed by atoms with Crippen molar-refractivity contribution in [3.8, 4) is 11.5 Å². The molecule has 5 nitrogen and oxygen atoms in total. The van der Waals surface area contributed by atoms with Gasteiger partial charge in [0.2, 0.25) is 10.0 Å². The minimum atomic E-state index is -3.52. The van der Waals surface area contributed by atoms with Gasteiger partial charge < -0.3 is 9.47 Å². The molecular formula is C15H16ClNO4S. The second-order valence-corrected chi connectivity index (χ2v) is 6.68. The topological polar surface area (TPSA) is 64.6 Å². The van der Waals surface area contributed by atoms with E-state index in [1.807, 2.05) is 18.2 Å². The first kappa shape index (κ1) is 16.5. The molecule has 0 aliphatic carbocycles. The molecule has 2 aromatic carbocycles. The van der Waals surface area contributed by atoms with Gasteiger partial charge in [0.25, 0.3) is 0 Å². The highest BCUT2D eigenvalue weighted by Gasteiger charge is 2.12. The molecule has 0 heterocycles. The Hall–Kier alpha value is -1.92. The van der Waals surface area contributed by atoms with E-state index in [1.165, 1.54) is 13.2 Å². The summed E-state index contributed by atoms with van der Waals surface area (Å²) in [6.07, 6.45) is 0. The normalized spacial score (nSPS) is 11.0. The summed E-state index contributed by atoms with van der Waals surface area (Å²) in [6, 6.07) is 13.7. The van der Waals surface area contributed by atoms with E-state index in [0.29, 0.717) is 22.2 Å². The highest BCUT2D eigenvalue weighted by molar-refractivity contribution is 7.92. The highest BCUT2D eigenvalue weighted by Crippen LogP contribution is 2.27. The maximum atomic E-state index is 12.0. The van der Waals surface area contributed by atoms with E-state index in [9.17, 15) is 8.42 Å². The van der Waals surface area contributed by atoms with Crippen LogP contribution in [0.1, 0.15) is 0 Å². The third kappa shape index (κ3) is 4.82. The molecule has 0 spiro atoms. The Bertz CT molecular complexity index is 720. The molecule has 0 aliphatic rings. The Labute approximate surface area is 134 Å². The summed E-state index contributed by atoms with van der Waals surface area (Å²) >= 11 is 5.96. The summed E-state index contributed by atoms with van der Waals surface area (Å²) in [6.45, 7) is 0.0588. The third-order valence-electron chi connectivity index (χ3n) is 2.79. The number of halogens is 1. The lowest BCUT2D eigenvalue weighted by Crippen LogP contribution is -2.21. The van der Waals surface area contributed by atoms with Crippen LogP contribution in [0.25, 0.3) is 0 Å². The summed E-state index contributed by atoms with van der Waals surface area (Å²) in [5.41, 5.74) is 0.380. The van der Waals surface area contributed by atoms with E-state index in [-0.39, 0.29) is 12.4 Å². The van der Waals surface area contributed by atoms with Crippen LogP contribution in [-0.2, 0) is 10.0 Å². The lowest BCUT2D eigenvalue weighted by molar-refractivity contribution is 0.341. The zero-order valence-electron chi connectivity index (χ0n) is 12.0. The Morgan fingerprint density at radius 3 is 2.50 bits per heavy atom. The number of hydrogen-bond donors (Lipinski definition) is 1. The van der Waals surface area contributed by atoms with Crippen LogP contribution in [-0.4, -0.2) is 27.9 Å². The first-order chi connectivity index (χ1) is 10.5. The highest BCUT2D eigenvalue weighted by atomic mass is 35.5. The molecule has 0 aromatic heterocycles. The van der Waals surface area contributed by atoms with Crippen LogP contribution in [0, 0.1) is 0 Å². The molecule has 0 radical (unpaired) electrons. The maximum absolute atomic E-state index is 12.0. The SMILES string of the molecule is COc1ccc(NS(=O)(=O)CCOc2ccccc2)cc1Cl. The number of sulfonamides is 1. The minimum Gasteiger partial charge on any atom is -0.495 e. The Kier molecular flexibility index (Phi) is 5.51. The minimum absolute atomic E-state index is 0.0588. The van der Waals surface area contributed by atoms with E-state index in [2.05, 4.69) is 4.72 Å². The first-order valence-electron chi connectivity index (χ1n) is 6.52. The second kappa shape index (κ2) is 7.38. The van der Waals surface area contributed by atoms with Gasteiger partial charge in [0, 0.05) is 0 Å². The van der Waals surface area contributed by atoms with Gasteiger partial charge in [-0.2, -0.15) is 0 Å². The van der Waals surface area contributed by atoms with Crippen LogP contribution < -0.4 is 14.2 Å². The van der Waals surface area contributed by atoms with Crippen molar-refractivity contribution in [3.63, 3.8) is 0 Å². The molecule has 0 atom stereocenters. The molecule has 0 bridgehead atoms. The van der Waals surface area contributed by atoms with Gasteiger partial charge in [-0.05, 0) is 30.3 Å². The standard InChI is InChI=1S/C15H16ClNO4S/c1-20-15-8-7-12(11-14(15)16)17-22(18,19)10-9-21-13-5-3-2-4-6-13/h2-8,11,17H,9-10H2,1H3.